The Morgan fingerprint density at radius 3 is 3.11 bits per heavy atom. The number of nitrogens with one attached hydrogen (secondary N) is 1. The molecule has 1 unspecified atom stereocenters. The van der Waals surface area contributed by atoms with Crippen molar-refractivity contribution in [2.24, 2.45) is 0 Å². The van der Waals surface area contributed by atoms with Crippen LogP contribution in [0, 0.1) is 0 Å². The van der Waals surface area contributed by atoms with Crippen molar-refractivity contribution in [2.45, 2.75) is 31.3 Å². The lowest BCUT2D eigenvalue weighted by Crippen LogP contribution is -2.39. The SMILES string of the molecule is O=C1OC2(CCCCNCC2)CN1c1cccnc1. The van der Waals surface area contributed by atoms with Crippen LogP contribution < -0.4 is 10.2 Å². The normalized spacial score (nSPS) is 28.0. The maximum absolute atomic E-state index is 12.1. The van der Waals surface area contributed by atoms with Crippen LogP contribution in [0.5, 0.6) is 0 Å². The summed E-state index contributed by atoms with van der Waals surface area (Å²) in [5.41, 5.74) is 0.500. The Morgan fingerprint density at radius 1 is 1.32 bits per heavy atom. The molecule has 3 heterocycles. The lowest BCUT2D eigenvalue weighted by molar-refractivity contribution is 0.0376. The number of carbonyl (C=O) groups is 1. The maximum atomic E-state index is 12.1. The molecular formula is C14H19N3O2. The summed E-state index contributed by atoms with van der Waals surface area (Å²) in [5.74, 6) is 0. The van der Waals surface area contributed by atoms with Crippen LogP contribution in [0.1, 0.15) is 25.7 Å². The molecule has 0 aliphatic carbocycles. The first-order chi connectivity index (χ1) is 9.29. The van der Waals surface area contributed by atoms with Crippen molar-refractivity contribution in [1.82, 2.24) is 10.3 Å². The Labute approximate surface area is 113 Å². The van der Waals surface area contributed by atoms with Gasteiger partial charge in [0.25, 0.3) is 0 Å². The van der Waals surface area contributed by atoms with Crippen molar-refractivity contribution in [2.75, 3.05) is 24.5 Å². The fourth-order valence-electron chi connectivity index (χ4n) is 2.86. The number of hydrogen-bond donors (Lipinski definition) is 1. The maximum Gasteiger partial charge on any atom is 0.415 e. The number of anilines is 1. The lowest BCUT2D eigenvalue weighted by atomic mass is 9.91. The molecule has 2 aliphatic rings. The molecule has 1 amide bonds. The van der Waals surface area contributed by atoms with Gasteiger partial charge in [-0.3, -0.25) is 9.88 Å². The highest BCUT2D eigenvalue weighted by Gasteiger charge is 2.45. The van der Waals surface area contributed by atoms with Crippen molar-refractivity contribution in [3.63, 3.8) is 0 Å². The molecule has 3 rings (SSSR count). The van der Waals surface area contributed by atoms with Gasteiger partial charge in [-0.05, 0) is 44.5 Å². The second kappa shape index (κ2) is 5.17. The van der Waals surface area contributed by atoms with E-state index in [1.165, 1.54) is 0 Å². The van der Waals surface area contributed by atoms with E-state index in [0.717, 1.165) is 44.5 Å². The molecule has 5 heteroatoms. The van der Waals surface area contributed by atoms with E-state index in [9.17, 15) is 4.79 Å². The number of nitrogens with zero attached hydrogens (tertiary/aromatic N) is 2. The Balaban J connectivity index is 1.78. The molecule has 1 N–H and O–H groups in total. The van der Waals surface area contributed by atoms with E-state index in [0.29, 0.717) is 6.54 Å². The predicted molar refractivity (Wildman–Crippen MR) is 72.1 cm³/mol. The number of aromatic nitrogens is 1. The zero-order valence-electron chi connectivity index (χ0n) is 11.0. The van der Waals surface area contributed by atoms with Gasteiger partial charge in [-0.2, -0.15) is 0 Å². The molecule has 0 saturated carbocycles. The second-order valence-corrected chi connectivity index (χ2v) is 5.31. The van der Waals surface area contributed by atoms with Crippen molar-refractivity contribution < 1.29 is 9.53 Å². The highest BCUT2D eigenvalue weighted by atomic mass is 16.6. The third-order valence-corrected chi connectivity index (χ3v) is 3.92. The van der Waals surface area contributed by atoms with Gasteiger partial charge in [0.05, 0.1) is 18.4 Å². The first-order valence-electron chi connectivity index (χ1n) is 6.90. The molecule has 5 nitrogen and oxygen atoms in total. The first-order valence-corrected chi connectivity index (χ1v) is 6.90. The minimum Gasteiger partial charge on any atom is -0.441 e. The van der Waals surface area contributed by atoms with Crippen LogP contribution in [-0.4, -0.2) is 36.3 Å². The highest BCUT2D eigenvalue weighted by molar-refractivity contribution is 5.90. The van der Waals surface area contributed by atoms with Gasteiger partial charge in [0.1, 0.15) is 5.60 Å². The van der Waals surface area contributed by atoms with Crippen LogP contribution in [0.2, 0.25) is 0 Å². The number of pyridine rings is 1. The summed E-state index contributed by atoms with van der Waals surface area (Å²) in [6.45, 7) is 2.61. The quantitative estimate of drug-likeness (QED) is 0.839. The van der Waals surface area contributed by atoms with Gasteiger partial charge < -0.3 is 10.1 Å². The minimum absolute atomic E-state index is 0.242. The Kier molecular flexibility index (Phi) is 3.38. The molecule has 2 aliphatic heterocycles. The van der Waals surface area contributed by atoms with Crippen LogP contribution in [-0.2, 0) is 4.74 Å². The van der Waals surface area contributed by atoms with Crippen LogP contribution in [0.25, 0.3) is 0 Å². The fraction of sp³-hybridized carbons (Fsp3) is 0.571. The summed E-state index contributed by atoms with van der Waals surface area (Å²) in [7, 11) is 0. The largest absolute Gasteiger partial charge is 0.441 e. The molecule has 0 aromatic carbocycles. The topological polar surface area (TPSA) is 54.5 Å². The second-order valence-electron chi connectivity index (χ2n) is 5.31. The average Bonchev–Trinajstić information content (AvgIpc) is 2.74. The smallest absolute Gasteiger partial charge is 0.415 e. The van der Waals surface area contributed by atoms with E-state index < -0.39 is 0 Å². The van der Waals surface area contributed by atoms with Gasteiger partial charge in [0, 0.05) is 12.6 Å². The van der Waals surface area contributed by atoms with E-state index in [1.807, 2.05) is 12.1 Å². The molecular weight excluding hydrogens is 242 g/mol. The summed E-state index contributed by atoms with van der Waals surface area (Å²) in [6, 6.07) is 3.74. The third kappa shape index (κ3) is 2.56. The van der Waals surface area contributed by atoms with Gasteiger partial charge in [-0.1, -0.05) is 0 Å². The summed E-state index contributed by atoms with van der Waals surface area (Å²) >= 11 is 0. The number of amides is 1. The third-order valence-electron chi connectivity index (χ3n) is 3.92. The molecule has 1 aromatic rings. The molecule has 102 valence electrons. The molecule has 0 bridgehead atoms. The van der Waals surface area contributed by atoms with E-state index >= 15 is 0 Å². The van der Waals surface area contributed by atoms with Gasteiger partial charge in [-0.25, -0.2) is 4.79 Å². The fourth-order valence-corrected chi connectivity index (χ4v) is 2.86. The van der Waals surface area contributed by atoms with E-state index in [2.05, 4.69) is 10.3 Å². The predicted octanol–water partition coefficient (Wildman–Crippen LogP) is 1.94. The number of rotatable bonds is 1. The van der Waals surface area contributed by atoms with Crippen molar-refractivity contribution in [1.29, 1.82) is 0 Å². The van der Waals surface area contributed by atoms with Crippen LogP contribution in [0.4, 0.5) is 10.5 Å². The lowest BCUT2D eigenvalue weighted by Gasteiger charge is -2.29. The Hall–Kier alpha value is -1.62. The summed E-state index contributed by atoms with van der Waals surface area (Å²) in [6.07, 6.45) is 7.26. The van der Waals surface area contributed by atoms with Gasteiger partial charge in [-0.15, -0.1) is 0 Å². The number of hydrogen-bond acceptors (Lipinski definition) is 4. The number of ether oxygens (including phenoxy) is 1. The average molecular weight is 261 g/mol. The highest BCUT2D eigenvalue weighted by Crippen LogP contribution is 2.34. The number of carbonyl (C=O) groups excluding carboxylic acids is 1. The molecule has 19 heavy (non-hydrogen) atoms. The molecule has 2 saturated heterocycles. The molecule has 2 fully saturated rings. The van der Waals surface area contributed by atoms with Gasteiger partial charge in [0.15, 0.2) is 0 Å². The van der Waals surface area contributed by atoms with Crippen molar-refractivity contribution >= 4 is 11.8 Å². The molecule has 0 radical (unpaired) electrons. The monoisotopic (exact) mass is 261 g/mol. The van der Waals surface area contributed by atoms with E-state index in [4.69, 9.17) is 4.74 Å². The van der Waals surface area contributed by atoms with Crippen LogP contribution in [0.15, 0.2) is 24.5 Å². The van der Waals surface area contributed by atoms with Crippen molar-refractivity contribution in [3.05, 3.63) is 24.5 Å². The van der Waals surface area contributed by atoms with Gasteiger partial charge in [0.2, 0.25) is 0 Å². The van der Waals surface area contributed by atoms with Crippen LogP contribution in [0.3, 0.4) is 0 Å². The molecule has 1 atom stereocenters. The van der Waals surface area contributed by atoms with Crippen LogP contribution >= 0.6 is 0 Å². The zero-order valence-corrected chi connectivity index (χ0v) is 11.0. The first kappa shape index (κ1) is 12.4. The Bertz CT molecular complexity index is 441. The van der Waals surface area contributed by atoms with Crippen molar-refractivity contribution in [3.8, 4) is 0 Å². The standard InChI is InChI=1S/C14H19N3O2/c18-13-17(12-4-3-8-16-10-12)11-14(19-13)5-1-2-7-15-9-6-14/h3-4,8,10,15H,1-2,5-7,9,11H2. The summed E-state index contributed by atoms with van der Waals surface area (Å²) in [5, 5.41) is 3.39. The molecule has 1 aromatic heterocycles. The molecule has 1 spiro atoms. The van der Waals surface area contributed by atoms with E-state index in [1.54, 1.807) is 17.3 Å². The zero-order chi connectivity index (χ0) is 13.1. The minimum atomic E-state index is -0.319. The summed E-state index contributed by atoms with van der Waals surface area (Å²) in [4.78, 5) is 17.9. The van der Waals surface area contributed by atoms with E-state index in [-0.39, 0.29) is 11.7 Å². The summed E-state index contributed by atoms with van der Waals surface area (Å²) < 4.78 is 5.71. The Morgan fingerprint density at radius 2 is 2.26 bits per heavy atom. The van der Waals surface area contributed by atoms with Gasteiger partial charge >= 0.3 is 6.09 Å².